The van der Waals surface area contributed by atoms with E-state index >= 15 is 0 Å². The Morgan fingerprint density at radius 1 is 1.17 bits per heavy atom. The number of benzene rings is 2. The van der Waals surface area contributed by atoms with E-state index in [-0.39, 0.29) is 0 Å². The van der Waals surface area contributed by atoms with E-state index in [0.29, 0.717) is 0 Å². The lowest BCUT2D eigenvalue weighted by Gasteiger charge is -2.30. The van der Waals surface area contributed by atoms with Crippen LogP contribution >= 0.6 is 0 Å². The van der Waals surface area contributed by atoms with Gasteiger partial charge in [0.1, 0.15) is 5.75 Å². The van der Waals surface area contributed by atoms with E-state index in [4.69, 9.17) is 4.74 Å². The standard InChI is InChI=1S/C16H19NO/c1-18-15-11-13-5-2-3-6-16(13)14(12-15)7-10-17-8-4-9-17/h2-3,5-6,11-12H,4,7-10H2,1H3. The first-order valence-corrected chi connectivity index (χ1v) is 6.65. The van der Waals surface area contributed by atoms with Crippen molar-refractivity contribution in [1.82, 2.24) is 4.90 Å². The molecule has 1 aliphatic rings. The van der Waals surface area contributed by atoms with Crippen LogP contribution in [0.4, 0.5) is 0 Å². The lowest BCUT2D eigenvalue weighted by Crippen LogP contribution is -2.38. The van der Waals surface area contributed by atoms with E-state index in [2.05, 4.69) is 41.3 Å². The van der Waals surface area contributed by atoms with Gasteiger partial charge in [-0.25, -0.2) is 0 Å². The van der Waals surface area contributed by atoms with Crippen LogP contribution in [0.1, 0.15) is 12.0 Å². The fourth-order valence-corrected chi connectivity index (χ4v) is 2.57. The molecule has 94 valence electrons. The van der Waals surface area contributed by atoms with Crippen molar-refractivity contribution in [2.45, 2.75) is 12.8 Å². The molecule has 1 fully saturated rings. The minimum Gasteiger partial charge on any atom is -0.497 e. The predicted octanol–water partition coefficient (Wildman–Crippen LogP) is 3.10. The third-order valence-corrected chi connectivity index (χ3v) is 3.80. The minimum absolute atomic E-state index is 0.965. The summed E-state index contributed by atoms with van der Waals surface area (Å²) in [6.07, 6.45) is 2.47. The van der Waals surface area contributed by atoms with E-state index in [0.717, 1.165) is 18.7 Å². The fraction of sp³-hybridized carbons (Fsp3) is 0.375. The summed E-state index contributed by atoms with van der Waals surface area (Å²) in [5.41, 5.74) is 1.40. The molecule has 0 radical (unpaired) electrons. The molecule has 0 unspecified atom stereocenters. The third kappa shape index (κ3) is 2.21. The van der Waals surface area contributed by atoms with Gasteiger partial charge in [-0.15, -0.1) is 0 Å². The van der Waals surface area contributed by atoms with Crippen molar-refractivity contribution in [2.24, 2.45) is 0 Å². The minimum atomic E-state index is 0.965. The van der Waals surface area contributed by atoms with Crippen LogP contribution in [-0.4, -0.2) is 31.6 Å². The SMILES string of the molecule is COc1cc(CCN2CCC2)c2ccccc2c1. The molecular formula is C16H19NO. The Labute approximate surface area is 108 Å². The van der Waals surface area contributed by atoms with E-state index in [9.17, 15) is 0 Å². The van der Waals surface area contributed by atoms with E-state index in [1.54, 1.807) is 7.11 Å². The van der Waals surface area contributed by atoms with Gasteiger partial charge in [0.2, 0.25) is 0 Å². The molecule has 1 aliphatic heterocycles. The second-order valence-electron chi connectivity index (χ2n) is 4.95. The molecule has 0 atom stereocenters. The molecule has 1 heterocycles. The fourth-order valence-electron chi connectivity index (χ4n) is 2.57. The van der Waals surface area contributed by atoms with Crippen molar-refractivity contribution in [3.8, 4) is 5.75 Å². The summed E-state index contributed by atoms with van der Waals surface area (Å²) < 4.78 is 5.40. The van der Waals surface area contributed by atoms with Gasteiger partial charge in [-0.05, 0) is 54.4 Å². The molecule has 18 heavy (non-hydrogen) atoms. The zero-order chi connectivity index (χ0) is 12.4. The number of hydrogen-bond acceptors (Lipinski definition) is 2. The topological polar surface area (TPSA) is 12.5 Å². The molecule has 2 heteroatoms. The molecule has 0 amide bonds. The van der Waals surface area contributed by atoms with Gasteiger partial charge in [0.05, 0.1) is 7.11 Å². The van der Waals surface area contributed by atoms with Gasteiger partial charge < -0.3 is 9.64 Å². The molecule has 2 aromatic carbocycles. The van der Waals surface area contributed by atoms with Gasteiger partial charge in [-0.2, -0.15) is 0 Å². The summed E-state index contributed by atoms with van der Waals surface area (Å²) in [5, 5.41) is 2.63. The van der Waals surface area contributed by atoms with Gasteiger partial charge in [0.15, 0.2) is 0 Å². The van der Waals surface area contributed by atoms with Crippen LogP contribution < -0.4 is 4.74 Å². The maximum Gasteiger partial charge on any atom is 0.119 e. The second kappa shape index (κ2) is 4.99. The van der Waals surface area contributed by atoms with Crippen molar-refractivity contribution in [2.75, 3.05) is 26.7 Å². The van der Waals surface area contributed by atoms with Gasteiger partial charge >= 0.3 is 0 Å². The van der Waals surface area contributed by atoms with Crippen LogP contribution in [0.2, 0.25) is 0 Å². The Bertz CT molecular complexity index is 546. The summed E-state index contributed by atoms with van der Waals surface area (Å²) in [4.78, 5) is 2.51. The Morgan fingerprint density at radius 3 is 2.72 bits per heavy atom. The maximum absolute atomic E-state index is 5.40. The molecule has 0 bridgehead atoms. The van der Waals surface area contributed by atoms with Crippen molar-refractivity contribution in [3.05, 3.63) is 42.0 Å². The van der Waals surface area contributed by atoms with Crippen LogP contribution in [0, 0.1) is 0 Å². The molecule has 1 saturated heterocycles. The zero-order valence-corrected chi connectivity index (χ0v) is 10.9. The normalized spacial score (nSPS) is 15.6. The smallest absolute Gasteiger partial charge is 0.119 e. The highest BCUT2D eigenvalue weighted by Crippen LogP contribution is 2.26. The van der Waals surface area contributed by atoms with E-state index in [1.807, 2.05) is 0 Å². The number of ether oxygens (including phenoxy) is 1. The third-order valence-electron chi connectivity index (χ3n) is 3.80. The van der Waals surface area contributed by atoms with Crippen LogP contribution in [0.25, 0.3) is 10.8 Å². The number of nitrogens with zero attached hydrogens (tertiary/aromatic N) is 1. The van der Waals surface area contributed by atoms with Gasteiger partial charge in [0, 0.05) is 6.54 Å². The Kier molecular flexibility index (Phi) is 3.20. The predicted molar refractivity (Wildman–Crippen MR) is 75.3 cm³/mol. The molecular weight excluding hydrogens is 222 g/mol. The largest absolute Gasteiger partial charge is 0.497 e. The first-order chi connectivity index (χ1) is 8.86. The first-order valence-electron chi connectivity index (χ1n) is 6.65. The summed E-state index contributed by atoms with van der Waals surface area (Å²) in [6, 6.07) is 12.9. The molecule has 0 N–H and O–H groups in total. The van der Waals surface area contributed by atoms with Gasteiger partial charge in [-0.3, -0.25) is 0 Å². The molecule has 0 spiro atoms. The Hall–Kier alpha value is -1.54. The molecule has 3 rings (SSSR count). The maximum atomic E-state index is 5.40. The average molecular weight is 241 g/mol. The van der Waals surface area contributed by atoms with E-state index in [1.165, 1.54) is 35.8 Å². The highest BCUT2D eigenvalue weighted by molar-refractivity contribution is 5.87. The highest BCUT2D eigenvalue weighted by Gasteiger charge is 2.13. The molecule has 0 aromatic heterocycles. The number of hydrogen-bond donors (Lipinski definition) is 0. The Morgan fingerprint density at radius 2 is 2.00 bits per heavy atom. The lowest BCUT2D eigenvalue weighted by atomic mass is 10.0. The zero-order valence-electron chi connectivity index (χ0n) is 10.9. The van der Waals surface area contributed by atoms with Gasteiger partial charge in [-0.1, -0.05) is 24.3 Å². The Balaban J connectivity index is 1.91. The van der Waals surface area contributed by atoms with Crippen molar-refractivity contribution < 1.29 is 4.74 Å². The second-order valence-corrected chi connectivity index (χ2v) is 4.95. The van der Waals surface area contributed by atoms with Crippen molar-refractivity contribution in [3.63, 3.8) is 0 Å². The van der Waals surface area contributed by atoms with Crippen LogP contribution in [0.3, 0.4) is 0 Å². The monoisotopic (exact) mass is 241 g/mol. The molecule has 2 aromatic rings. The van der Waals surface area contributed by atoms with Crippen molar-refractivity contribution in [1.29, 1.82) is 0 Å². The van der Waals surface area contributed by atoms with Crippen LogP contribution in [0.15, 0.2) is 36.4 Å². The highest BCUT2D eigenvalue weighted by atomic mass is 16.5. The van der Waals surface area contributed by atoms with E-state index < -0.39 is 0 Å². The first kappa shape index (κ1) is 11.5. The number of likely N-dealkylation sites (tertiary alicyclic amines) is 1. The van der Waals surface area contributed by atoms with Crippen molar-refractivity contribution >= 4 is 10.8 Å². The summed E-state index contributed by atoms with van der Waals surface area (Å²) >= 11 is 0. The van der Waals surface area contributed by atoms with Crippen LogP contribution in [0.5, 0.6) is 5.75 Å². The molecule has 0 aliphatic carbocycles. The van der Waals surface area contributed by atoms with Gasteiger partial charge in [0.25, 0.3) is 0 Å². The summed E-state index contributed by atoms with van der Waals surface area (Å²) in [7, 11) is 1.74. The molecule has 2 nitrogen and oxygen atoms in total. The number of fused-ring (bicyclic) bond motifs is 1. The summed E-state index contributed by atoms with van der Waals surface area (Å²) in [5.74, 6) is 0.965. The lowest BCUT2D eigenvalue weighted by molar-refractivity contribution is 0.184. The summed E-state index contributed by atoms with van der Waals surface area (Å²) in [6.45, 7) is 3.70. The number of rotatable bonds is 4. The number of methoxy groups -OCH3 is 1. The quantitative estimate of drug-likeness (QED) is 0.815. The van der Waals surface area contributed by atoms with Crippen LogP contribution in [-0.2, 0) is 6.42 Å². The average Bonchev–Trinajstić information content (AvgIpc) is 2.36. The molecule has 0 saturated carbocycles.